The van der Waals surface area contributed by atoms with Gasteiger partial charge in [-0.25, -0.2) is 13.4 Å². The quantitative estimate of drug-likeness (QED) is 0.124. The van der Waals surface area contributed by atoms with Crippen LogP contribution in [0.2, 0.25) is 0 Å². The molecule has 3 heterocycles. The molecular weight excluding hydrogens is 579 g/mol. The molecule has 0 saturated carbocycles. The van der Waals surface area contributed by atoms with Crippen LogP contribution in [0, 0.1) is 0 Å². The fourth-order valence-electron chi connectivity index (χ4n) is 5.30. The van der Waals surface area contributed by atoms with Crippen LogP contribution < -0.4 is 14.9 Å². The fourth-order valence-corrected chi connectivity index (χ4v) is 7.31. The molecular formula is C33H41N5O3S2. The number of hydrogen-bond donors (Lipinski definition) is 3. The molecule has 0 fully saturated rings. The number of fused-ring (bicyclic) bond motifs is 1. The largest absolute Gasteiger partial charge is 0.387 e. The number of thiazole rings is 1. The molecule has 3 N–H and O–H groups in total. The lowest BCUT2D eigenvalue weighted by atomic mass is 10.1. The Kier molecular flexibility index (Phi) is 10.8. The minimum atomic E-state index is -3.73. The summed E-state index contributed by atoms with van der Waals surface area (Å²) < 4.78 is 29.2. The third kappa shape index (κ3) is 8.41. The minimum Gasteiger partial charge on any atom is -0.387 e. The van der Waals surface area contributed by atoms with Crippen LogP contribution in [0.1, 0.15) is 67.5 Å². The third-order valence-electron chi connectivity index (χ3n) is 7.77. The third-order valence-corrected chi connectivity index (χ3v) is 10.1. The molecule has 0 bridgehead atoms. The van der Waals surface area contributed by atoms with Gasteiger partial charge < -0.3 is 15.3 Å². The molecule has 5 rings (SSSR count). The highest BCUT2D eigenvalue weighted by Gasteiger charge is 2.25. The number of rotatable bonds is 16. The number of aliphatic hydroxyl groups is 1. The van der Waals surface area contributed by atoms with Gasteiger partial charge in [-0.2, -0.15) is 0 Å². The van der Waals surface area contributed by atoms with Crippen LogP contribution in [0.25, 0.3) is 0 Å². The van der Waals surface area contributed by atoms with Crippen molar-refractivity contribution in [2.24, 2.45) is 0 Å². The van der Waals surface area contributed by atoms with Crippen molar-refractivity contribution in [3.05, 3.63) is 94.8 Å². The Balaban J connectivity index is 1.12. The van der Waals surface area contributed by atoms with Gasteiger partial charge in [0.25, 0.3) is 10.0 Å². The summed E-state index contributed by atoms with van der Waals surface area (Å²) in [6.45, 7) is 4.16. The summed E-state index contributed by atoms with van der Waals surface area (Å²) in [5, 5.41) is 16.6. The number of nitrogens with zero attached hydrogens (tertiary/aromatic N) is 3. The Labute approximate surface area is 259 Å². The number of nitrogens with one attached hydrogen (secondary N) is 2. The first-order valence-corrected chi connectivity index (χ1v) is 17.5. The highest BCUT2D eigenvalue weighted by atomic mass is 32.2. The summed E-state index contributed by atoms with van der Waals surface area (Å²) in [4.78, 5) is 11.4. The van der Waals surface area contributed by atoms with Gasteiger partial charge in [0.05, 0.1) is 16.7 Å². The van der Waals surface area contributed by atoms with E-state index in [0.717, 1.165) is 59.0 Å². The van der Waals surface area contributed by atoms with E-state index in [1.54, 1.807) is 48.0 Å². The van der Waals surface area contributed by atoms with Crippen LogP contribution in [0.4, 0.5) is 16.5 Å². The van der Waals surface area contributed by atoms with Gasteiger partial charge >= 0.3 is 0 Å². The fraction of sp³-hybridized carbons (Fsp3) is 0.394. The van der Waals surface area contributed by atoms with Gasteiger partial charge in [-0.15, -0.1) is 11.3 Å². The maximum absolute atomic E-state index is 13.2. The molecule has 4 aromatic rings. The Morgan fingerprint density at radius 3 is 2.67 bits per heavy atom. The second kappa shape index (κ2) is 14.9. The van der Waals surface area contributed by atoms with E-state index in [9.17, 15) is 13.5 Å². The highest BCUT2D eigenvalue weighted by Crippen LogP contribution is 2.37. The second-order valence-electron chi connectivity index (χ2n) is 11.0. The van der Waals surface area contributed by atoms with E-state index in [-0.39, 0.29) is 4.90 Å². The van der Waals surface area contributed by atoms with Crippen LogP contribution in [-0.4, -0.2) is 43.1 Å². The molecule has 228 valence electrons. The molecule has 2 aromatic heterocycles. The van der Waals surface area contributed by atoms with Gasteiger partial charge in [-0.05, 0) is 79.8 Å². The average Bonchev–Trinajstić information content (AvgIpc) is 3.67. The van der Waals surface area contributed by atoms with Gasteiger partial charge in [0.1, 0.15) is 0 Å². The minimum absolute atomic E-state index is 0.264. The molecule has 0 spiro atoms. The normalized spacial score (nSPS) is 13.7. The van der Waals surface area contributed by atoms with Gasteiger partial charge in [-0.1, -0.05) is 50.8 Å². The summed E-state index contributed by atoms with van der Waals surface area (Å²) in [6.07, 6.45) is 11.6. The van der Waals surface area contributed by atoms with E-state index < -0.39 is 16.1 Å². The number of aliphatic hydroxyl groups excluding tert-OH is 1. The molecule has 2 aromatic carbocycles. The van der Waals surface area contributed by atoms with Crippen LogP contribution in [0.3, 0.4) is 0 Å². The van der Waals surface area contributed by atoms with Crippen LogP contribution in [0.5, 0.6) is 0 Å². The number of hydrogen-bond acceptors (Lipinski definition) is 8. The second-order valence-corrected chi connectivity index (χ2v) is 13.6. The average molecular weight is 620 g/mol. The monoisotopic (exact) mass is 619 g/mol. The highest BCUT2D eigenvalue weighted by molar-refractivity contribution is 7.92. The van der Waals surface area contributed by atoms with Crippen molar-refractivity contribution in [3.8, 4) is 0 Å². The van der Waals surface area contributed by atoms with Gasteiger partial charge in [0, 0.05) is 47.8 Å². The van der Waals surface area contributed by atoms with Crippen LogP contribution >= 0.6 is 11.3 Å². The number of pyridine rings is 1. The zero-order valence-electron chi connectivity index (χ0n) is 24.7. The van der Waals surface area contributed by atoms with E-state index in [4.69, 9.17) is 4.98 Å². The molecule has 0 saturated heterocycles. The predicted octanol–water partition coefficient (Wildman–Crippen LogP) is 6.41. The van der Waals surface area contributed by atoms with Gasteiger partial charge in [-0.3, -0.25) is 9.71 Å². The Hall–Kier alpha value is -3.31. The Morgan fingerprint density at radius 2 is 1.88 bits per heavy atom. The van der Waals surface area contributed by atoms with Crippen molar-refractivity contribution < 1.29 is 13.5 Å². The van der Waals surface area contributed by atoms with E-state index >= 15 is 0 Å². The topological polar surface area (TPSA) is 107 Å². The summed E-state index contributed by atoms with van der Waals surface area (Å²) in [5.41, 5.74) is 5.59. The van der Waals surface area contributed by atoms with Crippen molar-refractivity contribution in [2.75, 3.05) is 29.3 Å². The zero-order chi connectivity index (χ0) is 30.1. The number of sulfonamides is 1. The number of anilines is 3. The van der Waals surface area contributed by atoms with Crippen LogP contribution in [0.15, 0.2) is 77.3 Å². The molecule has 1 aliphatic rings. The summed E-state index contributed by atoms with van der Waals surface area (Å²) in [6, 6.07) is 16.5. The molecule has 1 unspecified atom stereocenters. The smallest absolute Gasteiger partial charge is 0.261 e. The van der Waals surface area contributed by atoms with Crippen molar-refractivity contribution in [1.29, 1.82) is 0 Å². The van der Waals surface area contributed by atoms with Crippen molar-refractivity contribution in [3.63, 3.8) is 0 Å². The molecule has 0 aliphatic carbocycles. The van der Waals surface area contributed by atoms with Gasteiger partial charge in [0.15, 0.2) is 5.13 Å². The molecule has 1 atom stereocenters. The van der Waals surface area contributed by atoms with E-state index in [1.807, 2.05) is 30.3 Å². The number of aryl methyl sites for hydroxylation is 1. The van der Waals surface area contributed by atoms with Crippen molar-refractivity contribution in [1.82, 2.24) is 15.3 Å². The van der Waals surface area contributed by atoms with E-state index in [2.05, 4.69) is 32.2 Å². The maximum atomic E-state index is 13.2. The summed E-state index contributed by atoms with van der Waals surface area (Å²) in [7, 11) is -3.73. The van der Waals surface area contributed by atoms with Gasteiger partial charge in [0.2, 0.25) is 0 Å². The first-order chi connectivity index (χ1) is 20.9. The maximum Gasteiger partial charge on any atom is 0.261 e. The molecule has 8 nitrogen and oxygen atoms in total. The molecule has 0 radical (unpaired) electrons. The molecule has 0 amide bonds. The SMILES string of the molecule is CCCCCCCc1csc(N2CCc3cc(S(=O)(=O)Nc4ccc(CCNCC(O)c5cccnc5)cc4)ccc32)n1. The summed E-state index contributed by atoms with van der Waals surface area (Å²) >= 11 is 1.66. The zero-order valence-corrected chi connectivity index (χ0v) is 26.3. The molecule has 10 heteroatoms. The van der Waals surface area contributed by atoms with Crippen molar-refractivity contribution in [2.45, 2.75) is 69.3 Å². The standard InChI is InChI=1S/C33H41N5O3S2/c1-2-3-4-5-6-9-29-24-42-33(36-29)38-20-17-26-21-30(14-15-31(26)38)43(40,41)37-28-12-10-25(11-13-28)16-19-35-23-32(39)27-8-7-18-34-22-27/h7-8,10-15,18,21-22,24,32,35,37,39H,2-6,9,16-17,19-20,23H2,1H3. The lowest BCUT2D eigenvalue weighted by molar-refractivity contribution is 0.174. The lowest BCUT2D eigenvalue weighted by Gasteiger charge is -2.16. The Bertz CT molecular complexity index is 1560. The first-order valence-electron chi connectivity index (χ1n) is 15.2. The number of benzene rings is 2. The van der Waals surface area contributed by atoms with E-state index in [0.29, 0.717) is 18.8 Å². The molecule has 1 aliphatic heterocycles. The Morgan fingerprint density at radius 1 is 1.05 bits per heavy atom. The first kappa shape index (κ1) is 31.1. The van der Waals surface area contributed by atoms with Crippen LogP contribution in [-0.2, 0) is 29.3 Å². The van der Waals surface area contributed by atoms with E-state index in [1.165, 1.54) is 32.1 Å². The number of aromatic nitrogens is 2. The predicted molar refractivity (Wildman–Crippen MR) is 175 cm³/mol. The number of unbranched alkanes of at least 4 members (excludes halogenated alkanes) is 4. The molecule has 43 heavy (non-hydrogen) atoms. The summed E-state index contributed by atoms with van der Waals surface area (Å²) in [5.74, 6) is 0. The van der Waals surface area contributed by atoms with Crippen molar-refractivity contribution >= 4 is 37.9 Å². The lowest BCUT2D eigenvalue weighted by Crippen LogP contribution is -2.23.